The molecule has 2 heterocycles. The number of unbranched alkanes of at least 4 members (excludes halogenated alkanes) is 1. The van der Waals surface area contributed by atoms with Crippen LogP contribution in [0.25, 0.3) is 0 Å². The number of nitrogens with zero attached hydrogens (tertiary/aromatic N) is 5. The number of aliphatic imine (C=N–C) groups is 1. The number of piperidine rings is 1. The van der Waals surface area contributed by atoms with E-state index in [1.807, 2.05) is 12.1 Å². The minimum Gasteiger partial charge on any atom is -0.388 e. The monoisotopic (exact) mass is 592 g/mol. The summed E-state index contributed by atoms with van der Waals surface area (Å²) < 4.78 is 0. The van der Waals surface area contributed by atoms with E-state index in [2.05, 4.69) is 23.2 Å². The van der Waals surface area contributed by atoms with Crippen LogP contribution in [0.4, 0.5) is 11.4 Å². The summed E-state index contributed by atoms with van der Waals surface area (Å²) in [6, 6.07) is 10.2. The lowest BCUT2D eigenvalue weighted by Crippen LogP contribution is -2.52. The number of anilines is 1. The lowest BCUT2D eigenvalue weighted by molar-refractivity contribution is -0.135. The Kier molecular flexibility index (Phi) is 10.2. The number of carbonyl (C=O) groups is 3. The van der Waals surface area contributed by atoms with E-state index >= 15 is 0 Å². The molecule has 1 fully saturated rings. The van der Waals surface area contributed by atoms with E-state index in [1.165, 1.54) is 4.90 Å². The van der Waals surface area contributed by atoms with E-state index < -0.39 is 5.60 Å². The van der Waals surface area contributed by atoms with E-state index in [1.54, 1.807) is 41.1 Å². The first kappa shape index (κ1) is 31.0. The third-order valence-corrected chi connectivity index (χ3v) is 8.20. The molecule has 0 saturated carbocycles. The number of aliphatic hydroxyl groups is 1. The van der Waals surface area contributed by atoms with Gasteiger partial charge in [0.2, 0.25) is 5.91 Å². The number of aryl methyl sites for hydroxylation is 1. The Morgan fingerprint density at radius 2 is 1.93 bits per heavy atom. The highest BCUT2D eigenvalue weighted by Gasteiger charge is 2.36. The van der Waals surface area contributed by atoms with Crippen molar-refractivity contribution in [3.05, 3.63) is 58.1 Å². The molecule has 2 aliphatic heterocycles. The van der Waals surface area contributed by atoms with Gasteiger partial charge in [0.25, 0.3) is 11.8 Å². The molecule has 10 nitrogen and oxygen atoms in total. The number of amides is 3. The molecule has 1 saturated heterocycles. The third-order valence-electron chi connectivity index (χ3n) is 7.97. The first-order chi connectivity index (χ1) is 20.1. The molecule has 0 aliphatic carbocycles. The zero-order chi connectivity index (χ0) is 30.3. The first-order valence-electron chi connectivity index (χ1n) is 14.2. The molecule has 11 heteroatoms. The summed E-state index contributed by atoms with van der Waals surface area (Å²) in [4.78, 5) is 47.1. The normalized spacial score (nSPS) is 15.8. The summed E-state index contributed by atoms with van der Waals surface area (Å²) in [5.74, 6) is -0.428. The van der Waals surface area contributed by atoms with Crippen LogP contribution >= 0.6 is 11.6 Å². The van der Waals surface area contributed by atoms with E-state index in [-0.39, 0.29) is 24.3 Å². The Bertz CT molecular complexity index is 1380. The van der Waals surface area contributed by atoms with Gasteiger partial charge < -0.3 is 20.2 Å². The fourth-order valence-electron chi connectivity index (χ4n) is 5.57. The van der Waals surface area contributed by atoms with Gasteiger partial charge in [0.15, 0.2) is 6.19 Å². The highest BCUT2D eigenvalue weighted by molar-refractivity contribution is 6.31. The molecule has 2 aromatic rings. The molecule has 2 aliphatic rings. The summed E-state index contributed by atoms with van der Waals surface area (Å²) in [5, 5.41) is 23.8. The Morgan fingerprint density at radius 3 is 2.64 bits per heavy atom. The quantitative estimate of drug-likeness (QED) is 0.244. The molecule has 2 N–H and O–H groups in total. The molecule has 4 rings (SSSR count). The maximum atomic E-state index is 13.0. The summed E-state index contributed by atoms with van der Waals surface area (Å²) in [5.41, 5.74) is 2.10. The van der Waals surface area contributed by atoms with Crippen LogP contribution in [0.2, 0.25) is 5.02 Å². The molecular weight excluding hydrogens is 556 g/mol. The van der Waals surface area contributed by atoms with E-state index in [0.717, 1.165) is 24.1 Å². The Hall–Kier alpha value is -3.94. The molecule has 3 amide bonds. The number of halogens is 1. The lowest BCUT2D eigenvalue weighted by Gasteiger charge is -2.40. The summed E-state index contributed by atoms with van der Waals surface area (Å²) in [6.07, 6.45) is 6.31. The zero-order valence-corrected chi connectivity index (χ0v) is 24.7. The average Bonchev–Trinajstić information content (AvgIpc) is 2.99. The number of nitrogens with one attached hydrogen (secondary N) is 1. The number of nitriles is 1. The van der Waals surface area contributed by atoms with Gasteiger partial charge in [-0.15, -0.1) is 0 Å². The topological polar surface area (TPSA) is 129 Å². The zero-order valence-electron chi connectivity index (χ0n) is 23.9. The molecule has 222 valence electrons. The summed E-state index contributed by atoms with van der Waals surface area (Å²) >= 11 is 6.00. The first-order valence-corrected chi connectivity index (χ1v) is 14.6. The maximum Gasteiger partial charge on any atom is 0.255 e. The summed E-state index contributed by atoms with van der Waals surface area (Å²) in [6.45, 7) is 5.62. The van der Waals surface area contributed by atoms with Crippen LogP contribution in [0.5, 0.6) is 0 Å². The molecule has 0 bridgehead atoms. The molecular formula is C31H37ClN6O4. The van der Waals surface area contributed by atoms with Crippen molar-refractivity contribution >= 4 is 47.4 Å². The molecule has 0 atom stereocenters. The second kappa shape index (κ2) is 13.8. The standard InChI is InChI=1S/C31H37ClN6O4/c1-34-26-19-24(32)9-10-25(26)30(41)36(2)20-31(42)12-16-37(17-13-31)28(39)7-3-4-14-35-29(40)23-8-11-27-22(18-23)6-5-15-38(27)21-33/h8-11,18-19,42H,1,3-7,12-17,20H2,2H3,(H,35,40). The van der Waals surface area contributed by atoms with Crippen molar-refractivity contribution in [2.45, 2.75) is 50.5 Å². The minimum absolute atomic E-state index is 0.0207. The fourth-order valence-corrected chi connectivity index (χ4v) is 5.74. The van der Waals surface area contributed by atoms with Gasteiger partial charge in [-0.1, -0.05) is 11.6 Å². The predicted octanol–water partition coefficient (Wildman–Crippen LogP) is 3.93. The number of hydrogen-bond acceptors (Lipinski definition) is 7. The number of hydrogen-bond donors (Lipinski definition) is 2. The van der Waals surface area contributed by atoms with Gasteiger partial charge in [0.1, 0.15) is 0 Å². The van der Waals surface area contributed by atoms with Gasteiger partial charge in [-0.2, -0.15) is 5.26 Å². The highest BCUT2D eigenvalue weighted by atomic mass is 35.5. The number of likely N-dealkylation sites (tertiary alicyclic amines) is 1. The number of fused-ring (bicyclic) bond motifs is 1. The van der Waals surface area contributed by atoms with Crippen molar-refractivity contribution in [1.29, 1.82) is 5.26 Å². The lowest BCUT2D eigenvalue weighted by atomic mass is 9.90. The van der Waals surface area contributed by atoms with Crippen molar-refractivity contribution in [2.75, 3.05) is 44.7 Å². The number of carbonyl (C=O) groups excluding carboxylic acids is 3. The number of likely N-dealkylation sites (N-methyl/N-ethyl adjacent to an activating group) is 1. The Labute approximate surface area is 251 Å². The fraction of sp³-hybridized carbons (Fsp3) is 0.452. The van der Waals surface area contributed by atoms with E-state index in [9.17, 15) is 24.8 Å². The second-order valence-electron chi connectivity index (χ2n) is 11.0. The molecule has 2 aromatic carbocycles. The van der Waals surface area contributed by atoms with Crippen LogP contribution in [0, 0.1) is 11.5 Å². The summed E-state index contributed by atoms with van der Waals surface area (Å²) in [7, 11) is 1.63. The molecule has 0 spiro atoms. The predicted molar refractivity (Wildman–Crippen MR) is 162 cm³/mol. The van der Waals surface area contributed by atoms with Crippen molar-refractivity contribution in [3.8, 4) is 6.19 Å². The molecule has 0 unspecified atom stereocenters. The van der Waals surface area contributed by atoms with Gasteiger partial charge in [0, 0.05) is 56.8 Å². The molecule has 0 radical (unpaired) electrons. The SMILES string of the molecule is C=Nc1cc(Cl)ccc1C(=O)N(C)CC1(O)CCN(C(=O)CCCCNC(=O)c2ccc3c(c2)CCCN3C#N)CC1. The largest absolute Gasteiger partial charge is 0.388 e. The van der Waals surface area contributed by atoms with Crippen molar-refractivity contribution in [1.82, 2.24) is 15.1 Å². The number of rotatable bonds is 10. The number of benzene rings is 2. The van der Waals surface area contributed by atoms with Gasteiger partial charge in [-0.05, 0) is 87.2 Å². The van der Waals surface area contributed by atoms with Crippen molar-refractivity contribution < 1.29 is 19.5 Å². The smallest absolute Gasteiger partial charge is 0.255 e. The van der Waals surface area contributed by atoms with Crippen LogP contribution in [0.3, 0.4) is 0 Å². The molecule has 42 heavy (non-hydrogen) atoms. The van der Waals surface area contributed by atoms with Gasteiger partial charge >= 0.3 is 0 Å². The van der Waals surface area contributed by atoms with Crippen LogP contribution < -0.4 is 10.2 Å². The van der Waals surface area contributed by atoms with Crippen molar-refractivity contribution in [3.63, 3.8) is 0 Å². The molecule has 0 aromatic heterocycles. The van der Waals surface area contributed by atoms with Crippen LogP contribution in [0.1, 0.15) is 64.8 Å². The van der Waals surface area contributed by atoms with Crippen LogP contribution in [-0.4, -0.2) is 84.7 Å². The van der Waals surface area contributed by atoms with E-state index in [0.29, 0.717) is 80.1 Å². The van der Waals surface area contributed by atoms with Gasteiger partial charge in [-0.25, -0.2) is 0 Å². The second-order valence-corrected chi connectivity index (χ2v) is 11.4. The van der Waals surface area contributed by atoms with E-state index in [4.69, 9.17) is 11.6 Å². The van der Waals surface area contributed by atoms with Crippen molar-refractivity contribution in [2.24, 2.45) is 4.99 Å². The Morgan fingerprint density at radius 1 is 1.17 bits per heavy atom. The average molecular weight is 593 g/mol. The van der Waals surface area contributed by atoms with Crippen LogP contribution in [-0.2, 0) is 11.2 Å². The third kappa shape index (κ3) is 7.46. The Balaban J connectivity index is 1.17. The van der Waals surface area contributed by atoms with Gasteiger partial charge in [0.05, 0.1) is 22.5 Å². The highest BCUT2D eigenvalue weighted by Crippen LogP contribution is 2.29. The van der Waals surface area contributed by atoms with Gasteiger partial charge in [-0.3, -0.25) is 24.3 Å². The maximum absolute atomic E-state index is 13.0. The minimum atomic E-state index is -1.09. The van der Waals surface area contributed by atoms with Crippen LogP contribution in [0.15, 0.2) is 41.4 Å².